The van der Waals surface area contributed by atoms with Crippen LogP contribution in [0.4, 0.5) is 0 Å². The molecule has 1 N–H and O–H groups in total. The van der Waals surface area contributed by atoms with Gasteiger partial charge in [-0.3, -0.25) is 19.2 Å². The number of para-hydroxylation sites is 1. The second-order valence-corrected chi connectivity index (χ2v) is 10.9. The Morgan fingerprint density at radius 3 is 2.27 bits per heavy atom. The van der Waals surface area contributed by atoms with Gasteiger partial charge in [0.05, 0.1) is 12.7 Å². The third-order valence-corrected chi connectivity index (χ3v) is 7.30. The van der Waals surface area contributed by atoms with E-state index in [0.717, 1.165) is 5.56 Å². The van der Waals surface area contributed by atoms with Gasteiger partial charge in [-0.05, 0) is 42.9 Å². The third-order valence-electron chi connectivity index (χ3n) is 7.30. The fourth-order valence-electron chi connectivity index (χ4n) is 5.16. The number of nitrogens with one attached hydrogen (secondary N) is 1. The van der Waals surface area contributed by atoms with Gasteiger partial charge in [0.2, 0.25) is 17.7 Å². The molecular formula is C31H42N4O5. The molecule has 40 heavy (non-hydrogen) atoms. The van der Waals surface area contributed by atoms with Crippen molar-refractivity contribution in [3.8, 4) is 5.75 Å². The van der Waals surface area contributed by atoms with Gasteiger partial charge in [-0.15, -0.1) is 0 Å². The molecule has 1 fully saturated rings. The number of carbonyl (C=O) groups is 4. The molecular weight excluding hydrogens is 508 g/mol. The first kappa shape index (κ1) is 30.7. The number of carbonyl (C=O) groups excluding carboxylic acids is 4. The highest BCUT2D eigenvalue weighted by Crippen LogP contribution is 2.24. The van der Waals surface area contributed by atoms with Crippen molar-refractivity contribution in [2.75, 3.05) is 34.8 Å². The molecule has 0 spiro atoms. The summed E-state index contributed by atoms with van der Waals surface area (Å²) in [6, 6.07) is 14.2. The van der Waals surface area contributed by atoms with Crippen LogP contribution in [-0.2, 0) is 20.8 Å². The number of nitrogens with zero attached hydrogens (tertiary/aromatic N) is 3. The maximum atomic E-state index is 13.9. The molecule has 0 aromatic heterocycles. The average Bonchev–Trinajstić information content (AvgIpc) is 3.44. The van der Waals surface area contributed by atoms with Crippen LogP contribution in [-0.4, -0.2) is 91.3 Å². The summed E-state index contributed by atoms with van der Waals surface area (Å²) < 4.78 is 5.33. The molecule has 1 saturated heterocycles. The SMILES string of the molecule is COc1ccccc1C(=O)N[C@H](CC(C)C)C(=O)N1CCC[C@@H]1C(=O)N(C)[C@@H](Cc1ccccc1)C(=O)N(C)C. The first-order chi connectivity index (χ1) is 19.0. The van der Waals surface area contributed by atoms with Gasteiger partial charge in [0, 0.05) is 34.1 Å². The topological polar surface area (TPSA) is 99.3 Å². The normalized spacial score (nSPS) is 16.3. The van der Waals surface area contributed by atoms with Gasteiger partial charge in [0.1, 0.15) is 23.9 Å². The summed E-state index contributed by atoms with van der Waals surface area (Å²) in [4.78, 5) is 58.6. The Hall–Kier alpha value is -3.88. The Balaban J connectivity index is 1.82. The molecule has 2 aromatic rings. The maximum absolute atomic E-state index is 13.9. The molecule has 9 nitrogen and oxygen atoms in total. The smallest absolute Gasteiger partial charge is 0.255 e. The summed E-state index contributed by atoms with van der Waals surface area (Å²) in [5.74, 6) is -0.616. The lowest BCUT2D eigenvalue weighted by atomic mass is 10.0. The standard InChI is InChI=1S/C31H42N4O5/c1-21(2)19-24(32-28(36)23-15-10-11-17-27(23)40-6)29(37)35-18-12-16-25(35)31(39)34(5)26(30(38)33(3)4)20-22-13-8-7-9-14-22/h7-11,13-15,17,21,24-26H,12,16,18-20H2,1-6H3,(H,32,36)/t24-,25-,26+/m1/s1. The van der Waals surface area contributed by atoms with Gasteiger partial charge in [-0.2, -0.15) is 0 Å². The number of methoxy groups -OCH3 is 1. The van der Waals surface area contributed by atoms with E-state index in [1.807, 2.05) is 44.2 Å². The summed E-state index contributed by atoms with van der Waals surface area (Å²) in [5.41, 5.74) is 1.28. The Bertz CT molecular complexity index is 1180. The number of likely N-dealkylation sites (tertiary alicyclic amines) is 1. The van der Waals surface area contributed by atoms with Crippen LogP contribution in [0.1, 0.15) is 49.0 Å². The van der Waals surface area contributed by atoms with Crippen molar-refractivity contribution >= 4 is 23.6 Å². The number of hydrogen-bond acceptors (Lipinski definition) is 5. The zero-order valence-electron chi connectivity index (χ0n) is 24.4. The van der Waals surface area contributed by atoms with Crippen molar-refractivity contribution < 1.29 is 23.9 Å². The zero-order valence-corrected chi connectivity index (χ0v) is 24.4. The number of benzene rings is 2. The summed E-state index contributed by atoms with van der Waals surface area (Å²) >= 11 is 0. The van der Waals surface area contributed by atoms with Gasteiger partial charge < -0.3 is 24.8 Å². The lowest BCUT2D eigenvalue weighted by Gasteiger charge is -2.35. The summed E-state index contributed by atoms with van der Waals surface area (Å²) in [5, 5.41) is 2.90. The van der Waals surface area contributed by atoms with Gasteiger partial charge in [-0.1, -0.05) is 56.3 Å². The third kappa shape index (κ3) is 7.40. The Kier molecular flexibility index (Phi) is 10.7. The van der Waals surface area contributed by atoms with Gasteiger partial charge in [0.15, 0.2) is 0 Å². The molecule has 1 aliphatic rings. The quantitative estimate of drug-likeness (QED) is 0.464. The predicted molar refractivity (Wildman–Crippen MR) is 154 cm³/mol. The molecule has 0 saturated carbocycles. The highest BCUT2D eigenvalue weighted by molar-refractivity contribution is 6.00. The van der Waals surface area contributed by atoms with Crippen molar-refractivity contribution in [3.05, 3.63) is 65.7 Å². The van der Waals surface area contributed by atoms with Crippen LogP contribution in [0, 0.1) is 5.92 Å². The van der Waals surface area contributed by atoms with Gasteiger partial charge in [-0.25, -0.2) is 0 Å². The fourth-order valence-corrected chi connectivity index (χ4v) is 5.16. The molecule has 1 heterocycles. The minimum Gasteiger partial charge on any atom is -0.496 e. The highest BCUT2D eigenvalue weighted by Gasteiger charge is 2.41. The van der Waals surface area contributed by atoms with E-state index in [-0.39, 0.29) is 23.6 Å². The van der Waals surface area contributed by atoms with E-state index in [0.29, 0.717) is 43.5 Å². The minimum atomic E-state index is -0.806. The number of likely N-dealkylation sites (N-methyl/N-ethyl adjacent to an activating group) is 2. The summed E-state index contributed by atoms with van der Waals surface area (Å²) in [7, 11) is 6.47. The van der Waals surface area contributed by atoms with Crippen LogP contribution in [0.25, 0.3) is 0 Å². The Labute approximate surface area is 237 Å². The molecule has 0 bridgehead atoms. The van der Waals surface area contributed by atoms with Crippen LogP contribution in [0.2, 0.25) is 0 Å². The van der Waals surface area contributed by atoms with E-state index in [1.54, 1.807) is 50.3 Å². The molecule has 2 aromatic carbocycles. The van der Waals surface area contributed by atoms with E-state index in [4.69, 9.17) is 4.74 Å². The zero-order chi connectivity index (χ0) is 29.4. The minimum absolute atomic E-state index is 0.124. The van der Waals surface area contributed by atoms with Crippen molar-refractivity contribution in [1.29, 1.82) is 0 Å². The van der Waals surface area contributed by atoms with E-state index in [1.165, 1.54) is 16.9 Å². The monoisotopic (exact) mass is 550 g/mol. The van der Waals surface area contributed by atoms with E-state index < -0.39 is 24.0 Å². The highest BCUT2D eigenvalue weighted by atomic mass is 16.5. The molecule has 3 rings (SSSR count). The van der Waals surface area contributed by atoms with Crippen molar-refractivity contribution in [3.63, 3.8) is 0 Å². The molecule has 4 amide bonds. The first-order valence-electron chi connectivity index (χ1n) is 13.8. The molecule has 9 heteroatoms. The van der Waals surface area contributed by atoms with Gasteiger partial charge in [0.25, 0.3) is 5.91 Å². The lowest BCUT2D eigenvalue weighted by Crippen LogP contribution is -2.57. The summed E-state index contributed by atoms with van der Waals surface area (Å²) in [6.45, 7) is 4.38. The second-order valence-electron chi connectivity index (χ2n) is 10.9. The van der Waals surface area contributed by atoms with Gasteiger partial charge >= 0.3 is 0 Å². The first-order valence-corrected chi connectivity index (χ1v) is 13.8. The molecule has 3 atom stereocenters. The summed E-state index contributed by atoms with van der Waals surface area (Å²) in [6.07, 6.45) is 1.95. The van der Waals surface area contributed by atoms with Crippen molar-refractivity contribution in [2.24, 2.45) is 5.92 Å². The van der Waals surface area contributed by atoms with E-state index in [9.17, 15) is 19.2 Å². The Morgan fingerprint density at radius 1 is 1.00 bits per heavy atom. The number of amides is 4. The maximum Gasteiger partial charge on any atom is 0.255 e. The average molecular weight is 551 g/mol. The molecule has 216 valence electrons. The molecule has 0 aliphatic carbocycles. The largest absolute Gasteiger partial charge is 0.496 e. The van der Waals surface area contributed by atoms with E-state index >= 15 is 0 Å². The molecule has 1 aliphatic heterocycles. The van der Waals surface area contributed by atoms with Crippen molar-refractivity contribution in [1.82, 2.24) is 20.0 Å². The van der Waals surface area contributed by atoms with Crippen molar-refractivity contribution in [2.45, 2.75) is 57.7 Å². The number of rotatable bonds is 11. The van der Waals surface area contributed by atoms with Crippen LogP contribution in [0.3, 0.4) is 0 Å². The lowest BCUT2D eigenvalue weighted by molar-refractivity contribution is -0.149. The molecule has 0 radical (unpaired) electrons. The fraction of sp³-hybridized carbons (Fsp3) is 0.484. The number of ether oxygens (including phenoxy) is 1. The number of hydrogen-bond donors (Lipinski definition) is 1. The van der Waals surface area contributed by atoms with Crippen LogP contribution in [0.5, 0.6) is 5.75 Å². The predicted octanol–water partition coefficient (Wildman–Crippen LogP) is 2.99. The van der Waals surface area contributed by atoms with Crippen LogP contribution >= 0.6 is 0 Å². The van der Waals surface area contributed by atoms with Crippen LogP contribution in [0.15, 0.2) is 54.6 Å². The Morgan fingerprint density at radius 2 is 1.65 bits per heavy atom. The van der Waals surface area contributed by atoms with Crippen LogP contribution < -0.4 is 10.1 Å². The van der Waals surface area contributed by atoms with E-state index in [2.05, 4.69) is 5.32 Å². The second kappa shape index (κ2) is 14.0. The molecule has 0 unspecified atom stereocenters.